The van der Waals surface area contributed by atoms with E-state index in [0.717, 1.165) is 15.9 Å². The van der Waals surface area contributed by atoms with Crippen molar-refractivity contribution in [1.82, 2.24) is 9.55 Å². The fourth-order valence-corrected chi connectivity index (χ4v) is 1.55. The van der Waals surface area contributed by atoms with E-state index < -0.39 is 0 Å². The van der Waals surface area contributed by atoms with Crippen LogP contribution in [0.2, 0.25) is 0 Å². The summed E-state index contributed by atoms with van der Waals surface area (Å²) < 4.78 is 8.44. The van der Waals surface area contributed by atoms with E-state index in [9.17, 15) is 0 Å². The van der Waals surface area contributed by atoms with E-state index in [1.807, 2.05) is 31.3 Å². The number of nitrogens with zero attached hydrogens (tertiary/aromatic N) is 2. The molecule has 0 aliphatic heterocycles. The van der Waals surface area contributed by atoms with Gasteiger partial charge in [-0.05, 0) is 24.3 Å². The van der Waals surface area contributed by atoms with Crippen LogP contribution in [0.5, 0.6) is 5.75 Å². The highest BCUT2D eigenvalue weighted by atomic mass is 79.9. The molecule has 1 heterocycles. The summed E-state index contributed by atoms with van der Waals surface area (Å²) in [5.41, 5.74) is 6.56. The number of hydrogen-bond acceptors (Lipinski definition) is 3. The highest BCUT2D eigenvalue weighted by Crippen LogP contribution is 2.17. The number of nitrogen functional groups attached to an aromatic ring is 1. The summed E-state index contributed by atoms with van der Waals surface area (Å²) in [6.07, 6.45) is 1.72. The van der Waals surface area contributed by atoms with Crippen molar-refractivity contribution in [2.45, 2.75) is 6.61 Å². The summed E-state index contributed by atoms with van der Waals surface area (Å²) in [5.74, 6) is 1.32. The summed E-state index contributed by atoms with van der Waals surface area (Å²) in [6.45, 7) is 0.461. The molecule has 0 saturated carbocycles. The number of benzene rings is 1. The minimum Gasteiger partial charge on any atom is -0.487 e. The molecule has 2 N–H and O–H groups in total. The third-order valence-corrected chi connectivity index (χ3v) is 2.85. The van der Waals surface area contributed by atoms with Crippen LogP contribution in [0.3, 0.4) is 0 Å². The summed E-state index contributed by atoms with van der Waals surface area (Å²) in [4.78, 5) is 4.00. The number of hydrogen-bond donors (Lipinski definition) is 1. The van der Waals surface area contributed by atoms with Gasteiger partial charge in [0.05, 0.1) is 11.9 Å². The molecule has 0 fully saturated rings. The molecule has 0 aliphatic carbocycles. The Morgan fingerprint density at radius 3 is 2.62 bits per heavy atom. The van der Waals surface area contributed by atoms with E-state index in [1.165, 1.54) is 0 Å². The quantitative estimate of drug-likeness (QED) is 0.940. The minimum atomic E-state index is 0.461. The molecule has 16 heavy (non-hydrogen) atoms. The Morgan fingerprint density at radius 1 is 1.38 bits per heavy atom. The molecule has 1 aromatic carbocycles. The van der Waals surface area contributed by atoms with Crippen LogP contribution in [0.1, 0.15) is 5.69 Å². The molecule has 0 bridgehead atoms. The molecule has 0 aliphatic rings. The number of halogens is 1. The van der Waals surface area contributed by atoms with Crippen molar-refractivity contribution < 1.29 is 4.74 Å². The van der Waals surface area contributed by atoms with Gasteiger partial charge in [0.15, 0.2) is 5.95 Å². The molecule has 0 spiro atoms. The van der Waals surface area contributed by atoms with Gasteiger partial charge in [-0.25, -0.2) is 4.98 Å². The standard InChI is InChI=1S/C11H12BrN3O/c1-15-9(6-14-11(15)13)7-16-10-4-2-8(12)3-5-10/h2-6H,7H2,1H3,(H2,13,14). The molecule has 5 heteroatoms. The second-order valence-electron chi connectivity index (χ2n) is 3.41. The van der Waals surface area contributed by atoms with Crippen LogP contribution >= 0.6 is 15.9 Å². The van der Waals surface area contributed by atoms with Crippen LogP contribution in [0.4, 0.5) is 5.95 Å². The minimum absolute atomic E-state index is 0.461. The maximum absolute atomic E-state index is 5.62. The van der Waals surface area contributed by atoms with Gasteiger partial charge in [0, 0.05) is 11.5 Å². The monoisotopic (exact) mass is 281 g/mol. The Morgan fingerprint density at radius 2 is 2.06 bits per heavy atom. The van der Waals surface area contributed by atoms with E-state index in [-0.39, 0.29) is 0 Å². The van der Waals surface area contributed by atoms with Crippen molar-refractivity contribution >= 4 is 21.9 Å². The van der Waals surface area contributed by atoms with E-state index >= 15 is 0 Å². The smallest absolute Gasteiger partial charge is 0.200 e. The zero-order chi connectivity index (χ0) is 11.5. The van der Waals surface area contributed by atoms with Crippen molar-refractivity contribution in [2.75, 3.05) is 5.73 Å². The first-order chi connectivity index (χ1) is 7.66. The number of nitrogens with two attached hydrogens (primary N) is 1. The van der Waals surface area contributed by atoms with Gasteiger partial charge in [-0.2, -0.15) is 0 Å². The lowest BCUT2D eigenvalue weighted by molar-refractivity contribution is 0.297. The zero-order valence-corrected chi connectivity index (χ0v) is 10.4. The van der Waals surface area contributed by atoms with Gasteiger partial charge in [-0.1, -0.05) is 15.9 Å². The summed E-state index contributed by atoms with van der Waals surface area (Å²) in [6, 6.07) is 7.69. The lowest BCUT2D eigenvalue weighted by Crippen LogP contribution is -2.04. The van der Waals surface area contributed by atoms with Crippen molar-refractivity contribution in [3.63, 3.8) is 0 Å². The normalized spacial score (nSPS) is 10.4. The van der Waals surface area contributed by atoms with E-state index in [4.69, 9.17) is 10.5 Å². The molecule has 2 aromatic rings. The summed E-state index contributed by atoms with van der Waals surface area (Å²) >= 11 is 3.37. The Balaban J connectivity index is 2.02. The van der Waals surface area contributed by atoms with Crippen LogP contribution in [0.25, 0.3) is 0 Å². The molecule has 84 valence electrons. The Bertz CT molecular complexity index is 478. The lowest BCUT2D eigenvalue weighted by Gasteiger charge is -2.06. The molecular weight excluding hydrogens is 270 g/mol. The summed E-state index contributed by atoms with van der Waals surface area (Å²) in [7, 11) is 1.86. The van der Waals surface area contributed by atoms with Gasteiger partial charge in [-0.3, -0.25) is 0 Å². The largest absolute Gasteiger partial charge is 0.487 e. The van der Waals surface area contributed by atoms with Gasteiger partial charge >= 0.3 is 0 Å². The fourth-order valence-electron chi connectivity index (χ4n) is 1.28. The number of rotatable bonds is 3. The third kappa shape index (κ3) is 2.36. The van der Waals surface area contributed by atoms with Crippen LogP contribution in [0.15, 0.2) is 34.9 Å². The second kappa shape index (κ2) is 4.57. The first-order valence-electron chi connectivity index (χ1n) is 4.81. The molecule has 0 saturated heterocycles. The third-order valence-electron chi connectivity index (χ3n) is 2.32. The number of ether oxygens (including phenoxy) is 1. The average Bonchev–Trinajstić information content (AvgIpc) is 2.60. The van der Waals surface area contributed by atoms with Gasteiger partial charge in [0.25, 0.3) is 0 Å². The second-order valence-corrected chi connectivity index (χ2v) is 4.33. The number of anilines is 1. The SMILES string of the molecule is Cn1c(COc2ccc(Br)cc2)cnc1N. The lowest BCUT2D eigenvalue weighted by atomic mass is 10.3. The van der Waals surface area contributed by atoms with Crippen LogP contribution in [-0.4, -0.2) is 9.55 Å². The molecule has 0 amide bonds. The maximum Gasteiger partial charge on any atom is 0.200 e. The molecular formula is C11H12BrN3O. The predicted octanol–water partition coefficient (Wildman–Crippen LogP) is 2.34. The average molecular weight is 282 g/mol. The Kier molecular flexibility index (Phi) is 3.14. The first-order valence-corrected chi connectivity index (χ1v) is 5.60. The molecule has 2 rings (SSSR count). The van der Waals surface area contributed by atoms with Crippen LogP contribution in [0, 0.1) is 0 Å². The molecule has 0 atom stereocenters. The van der Waals surface area contributed by atoms with Crippen LogP contribution < -0.4 is 10.5 Å². The number of aromatic nitrogens is 2. The fraction of sp³-hybridized carbons (Fsp3) is 0.182. The first kappa shape index (κ1) is 11.0. The van der Waals surface area contributed by atoms with Gasteiger partial charge in [0.2, 0.25) is 0 Å². The number of imidazole rings is 1. The van der Waals surface area contributed by atoms with Crippen LogP contribution in [-0.2, 0) is 13.7 Å². The topological polar surface area (TPSA) is 53.1 Å². The van der Waals surface area contributed by atoms with Gasteiger partial charge in [0.1, 0.15) is 12.4 Å². The van der Waals surface area contributed by atoms with E-state index in [2.05, 4.69) is 20.9 Å². The van der Waals surface area contributed by atoms with Crippen molar-refractivity contribution in [1.29, 1.82) is 0 Å². The zero-order valence-electron chi connectivity index (χ0n) is 8.85. The Hall–Kier alpha value is -1.49. The molecule has 0 unspecified atom stereocenters. The molecule has 1 aromatic heterocycles. The maximum atomic E-state index is 5.62. The molecule has 4 nitrogen and oxygen atoms in total. The highest BCUT2D eigenvalue weighted by molar-refractivity contribution is 9.10. The van der Waals surface area contributed by atoms with E-state index in [1.54, 1.807) is 10.8 Å². The molecule has 0 radical (unpaired) electrons. The van der Waals surface area contributed by atoms with E-state index in [0.29, 0.717) is 12.6 Å². The highest BCUT2D eigenvalue weighted by Gasteiger charge is 2.03. The van der Waals surface area contributed by atoms with Crippen molar-refractivity contribution in [3.05, 3.63) is 40.6 Å². The van der Waals surface area contributed by atoms with Gasteiger partial charge < -0.3 is 15.0 Å². The van der Waals surface area contributed by atoms with Gasteiger partial charge in [-0.15, -0.1) is 0 Å². The van der Waals surface area contributed by atoms with Crippen molar-refractivity contribution in [3.8, 4) is 5.75 Å². The van der Waals surface area contributed by atoms with Crippen molar-refractivity contribution in [2.24, 2.45) is 7.05 Å². The summed E-state index contributed by atoms with van der Waals surface area (Å²) in [5, 5.41) is 0. The predicted molar refractivity (Wildman–Crippen MR) is 66.1 cm³/mol. The Labute approximate surface area is 102 Å².